The highest BCUT2D eigenvalue weighted by Gasteiger charge is 2.15. The van der Waals surface area contributed by atoms with Crippen molar-refractivity contribution in [3.05, 3.63) is 77.7 Å². The largest absolute Gasteiger partial charge is 0.308 e. The van der Waals surface area contributed by atoms with E-state index in [2.05, 4.69) is 80.4 Å². The van der Waals surface area contributed by atoms with E-state index in [1.807, 2.05) is 24.4 Å². The molecular weight excluding hydrogens is 398 g/mol. The van der Waals surface area contributed by atoms with Crippen LogP contribution in [0.5, 0.6) is 0 Å². The van der Waals surface area contributed by atoms with E-state index in [1.165, 1.54) is 11.1 Å². The zero-order valence-electron chi connectivity index (χ0n) is 18.3. The molecule has 0 fully saturated rings. The highest BCUT2D eigenvalue weighted by Crippen LogP contribution is 2.30. The van der Waals surface area contributed by atoms with Crippen LogP contribution in [0.25, 0.3) is 33.7 Å². The molecule has 1 N–H and O–H groups in total. The van der Waals surface area contributed by atoms with Gasteiger partial charge in [0.15, 0.2) is 5.65 Å². The number of aromatic amines is 1. The van der Waals surface area contributed by atoms with Gasteiger partial charge in [-0.25, -0.2) is 9.97 Å². The van der Waals surface area contributed by atoms with E-state index in [9.17, 15) is 0 Å². The summed E-state index contributed by atoms with van der Waals surface area (Å²) in [5.41, 5.74) is 7.64. The molecule has 160 valence electrons. The SMILES string of the molecule is CCCc1ccnc2c1nc(CC)n2Cc1ccc(-c2ccccc2-c2nn[nH]n2)cc1. The van der Waals surface area contributed by atoms with Crippen molar-refractivity contribution >= 4 is 11.2 Å². The Hall–Kier alpha value is -3.87. The van der Waals surface area contributed by atoms with Crippen LogP contribution in [0.3, 0.4) is 0 Å². The molecule has 3 heterocycles. The molecular formula is C25H25N7. The number of hydrogen-bond acceptors (Lipinski definition) is 5. The Morgan fingerprint density at radius 1 is 0.938 bits per heavy atom. The van der Waals surface area contributed by atoms with Crippen molar-refractivity contribution in [2.45, 2.75) is 39.7 Å². The zero-order valence-corrected chi connectivity index (χ0v) is 18.3. The molecule has 0 spiro atoms. The number of pyridine rings is 1. The fourth-order valence-corrected chi connectivity index (χ4v) is 4.20. The topological polar surface area (TPSA) is 85.2 Å². The van der Waals surface area contributed by atoms with Gasteiger partial charge in [-0.1, -0.05) is 68.8 Å². The van der Waals surface area contributed by atoms with Gasteiger partial charge >= 0.3 is 0 Å². The highest BCUT2D eigenvalue weighted by molar-refractivity contribution is 5.80. The summed E-state index contributed by atoms with van der Waals surface area (Å²) in [6.45, 7) is 5.09. The van der Waals surface area contributed by atoms with Gasteiger partial charge in [0.25, 0.3) is 0 Å². The maximum absolute atomic E-state index is 4.93. The van der Waals surface area contributed by atoms with Crippen molar-refractivity contribution in [2.75, 3.05) is 0 Å². The monoisotopic (exact) mass is 423 g/mol. The van der Waals surface area contributed by atoms with Gasteiger partial charge in [0.2, 0.25) is 5.82 Å². The number of H-pyrrole nitrogens is 1. The first-order valence-corrected chi connectivity index (χ1v) is 11.0. The lowest BCUT2D eigenvalue weighted by Gasteiger charge is -2.10. The predicted octanol–water partition coefficient (Wildman–Crippen LogP) is 4.84. The lowest BCUT2D eigenvalue weighted by atomic mass is 9.98. The molecule has 0 aliphatic heterocycles. The van der Waals surface area contributed by atoms with Crippen LogP contribution in [-0.4, -0.2) is 35.2 Å². The van der Waals surface area contributed by atoms with Crippen LogP contribution >= 0.6 is 0 Å². The van der Waals surface area contributed by atoms with Crippen molar-refractivity contribution in [1.29, 1.82) is 0 Å². The minimum atomic E-state index is 0.594. The van der Waals surface area contributed by atoms with Gasteiger partial charge in [0.1, 0.15) is 11.3 Å². The fourth-order valence-electron chi connectivity index (χ4n) is 4.20. The van der Waals surface area contributed by atoms with E-state index in [4.69, 9.17) is 4.98 Å². The number of benzene rings is 2. The van der Waals surface area contributed by atoms with Crippen LogP contribution < -0.4 is 0 Å². The van der Waals surface area contributed by atoms with Gasteiger partial charge in [-0.2, -0.15) is 5.21 Å². The Balaban J connectivity index is 1.48. The maximum Gasteiger partial charge on any atom is 0.205 e. The van der Waals surface area contributed by atoms with Gasteiger partial charge in [-0.3, -0.25) is 0 Å². The molecule has 2 aromatic carbocycles. The number of hydrogen-bond donors (Lipinski definition) is 1. The van der Waals surface area contributed by atoms with Gasteiger partial charge in [0.05, 0.1) is 6.54 Å². The second-order valence-corrected chi connectivity index (χ2v) is 7.84. The molecule has 0 amide bonds. The number of nitrogens with one attached hydrogen (secondary N) is 1. The Kier molecular flexibility index (Phi) is 5.46. The van der Waals surface area contributed by atoms with E-state index in [-0.39, 0.29) is 0 Å². The standard InChI is InChI=1S/C25H25N7/c1-3-7-19-14-15-26-25-23(19)27-22(4-2)32(25)16-17-10-12-18(13-11-17)20-8-5-6-9-21(20)24-28-30-31-29-24/h5-6,8-15H,3-4,7,16H2,1-2H3,(H,28,29,30,31). The number of nitrogens with zero attached hydrogens (tertiary/aromatic N) is 6. The molecule has 5 aromatic rings. The molecule has 0 aliphatic rings. The number of aromatic nitrogens is 7. The van der Waals surface area contributed by atoms with Gasteiger partial charge in [-0.15, -0.1) is 10.2 Å². The summed E-state index contributed by atoms with van der Waals surface area (Å²) in [7, 11) is 0. The molecule has 0 atom stereocenters. The maximum atomic E-state index is 4.93. The Morgan fingerprint density at radius 2 is 1.75 bits per heavy atom. The molecule has 3 aromatic heterocycles. The summed E-state index contributed by atoms with van der Waals surface area (Å²) in [4.78, 5) is 9.60. The van der Waals surface area contributed by atoms with E-state index >= 15 is 0 Å². The van der Waals surface area contributed by atoms with Crippen LogP contribution in [0.15, 0.2) is 60.8 Å². The molecule has 7 heteroatoms. The number of imidazole rings is 1. The van der Waals surface area contributed by atoms with E-state index in [0.717, 1.165) is 59.5 Å². The first kappa shape index (κ1) is 20.1. The minimum Gasteiger partial charge on any atom is -0.308 e. The van der Waals surface area contributed by atoms with Gasteiger partial charge < -0.3 is 4.57 Å². The third-order valence-corrected chi connectivity index (χ3v) is 5.75. The molecule has 0 saturated heterocycles. The van der Waals surface area contributed by atoms with Gasteiger partial charge in [0, 0.05) is 18.2 Å². The first-order chi connectivity index (χ1) is 15.8. The molecule has 7 nitrogen and oxygen atoms in total. The third kappa shape index (κ3) is 3.66. The summed E-state index contributed by atoms with van der Waals surface area (Å²) < 4.78 is 2.25. The van der Waals surface area contributed by atoms with Crippen LogP contribution in [0, 0.1) is 0 Å². The number of aryl methyl sites for hydroxylation is 2. The molecule has 0 radical (unpaired) electrons. The first-order valence-electron chi connectivity index (χ1n) is 11.0. The summed E-state index contributed by atoms with van der Waals surface area (Å²) in [6, 6.07) is 18.8. The Morgan fingerprint density at radius 3 is 2.47 bits per heavy atom. The summed E-state index contributed by atoms with van der Waals surface area (Å²) in [5, 5.41) is 14.5. The molecule has 0 saturated carbocycles. The third-order valence-electron chi connectivity index (χ3n) is 5.75. The summed E-state index contributed by atoms with van der Waals surface area (Å²) in [6.07, 6.45) is 4.90. The normalized spacial score (nSPS) is 11.3. The smallest absolute Gasteiger partial charge is 0.205 e. The lowest BCUT2D eigenvalue weighted by Crippen LogP contribution is -2.05. The number of rotatable bonds is 7. The van der Waals surface area contributed by atoms with Crippen molar-refractivity contribution < 1.29 is 0 Å². The van der Waals surface area contributed by atoms with Crippen molar-refractivity contribution in [3.8, 4) is 22.5 Å². The van der Waals surface area contributed by atoms with Crippen molar-refractivity contribution in [3.63, 3.8) is 0 Å². The van der Waals surface area contributed by atoms with Crippen molar-refractivity contribution in [2.24, 2.45) is 0 Å². The predicted molar refractivity (Wildman–Crippen MR) is 125 cm³/mol. The highest BCUT2D eigenvalue weighted by atomic mass is 15.5. The second-order valence-electron chi connectivity index (χ2n) is 7.84. The zero-order chi connectivity index (χ0) is 21.9. The van der Waals surface area contributed by atoms with Gasteiger partial charge in [-0.05, 0) is 40.0 Å². The fraction of sp³-hybridized carbons (Fsp3) is 0.240. The average Bonchev–Trinajstić information content (AvgIpc) is 3.49. The average molecular weight is 424 g/mol. The van der Waals surface area contributed by atoms with E-state index in [0.29, 0.717) is 5.82 Å². The molecule has 0 unspecified atom stereocenters. The van der Waals surface area contributed by atoms with Crippen LogP contribution in [0.2, 0.25) is 0 Å². The lowest BCUT2D eigenvalue weighted by molar-refractivity contribution is 0.746. The van der Waals surface area contributed by atoms with Crippen molar-refractivity contribution in [1.82, 2.24) is 35.2 Å². The Bertz CT molecular complexity index is 1340. The number of fused-ring (bicyclic) bond motifs is 1. The van der Waals surface area contributed by atoms with E-state index in [1.54, 1.807) is 0 Å². The summed E-state index contributed by atoms with van der Waals surface area (Å²) >= 11 is 0. The van der Waals surface area contributed by atoms with Crippen LogP contribution in [0.1, 0.15) is 37.2 Å². The second kappa shape index (κ2) is 8.70. The van der Waals surface area contributed by atoms with Crippen LogP contribution in [-0.2, 0) is 19.4 Å². The van der Waals surface area contributed by atoms with E-state index < -0.39 is 0 Å². The number of tetrazole rings is 1. The quantitative estimate of drug-likeness (QED) is 0.405. The van der Waals surface area contributed by atoms with Crippen LogP contribution in [0.4, 0.5) is 0 Å². The minimum absolute atomic E-state index is 0.594. The summed E-state index contributed by atoms with van der Waals surface area (Å²) in [5.74, 6) is 1.67. The molecule has 0 aliphatic carbocycles. The molecule has 32 heavy (non-hydrogen) atoms. The molecule has 5 rings (SSSR count). The molecule has 0 bridgehead atoms. The Labute approximate surface area is 186 Å².